The number of hydrogen-bond acceptors (Lipinski definition) is 3. The molecular formula is C13H9Cl2N3. The van der Waals surface area contributed by atoms with Crippen LogP contribution in [0.5, 0.6) is 0 Å². The molecule has 18 heavy (non-hydrogen) atoms. The van der Waals surface area contributed by atoms with Crippen LogP contribution in [0.2, 0.25) is 10.0 Å². The minimum absolute atomic E-state index is 0.543. The number of nitrogens with zero attached hydrogens (tertiary/aromatic N) is 2. The molecule has 0 atom stereocenters. The van der Waals surface area contributed by atoms with E-state index in [2.05, 4.69) is 16.4 Å². The van der Waals surface area contributed by atoms with E-state index in [1.54, 1.807) is 30.3 Å². The number of nitriles is 1. The molecule has 5 heteroatoms. The maximum atomic E-state index is 8.90. The van der Waals surface area contributed by atoms with Crippen molar-refractivity contribution < 1.29 is 0 Å². The summed E-state index contributed by atoms with van der Waals surface area (Å²) in [6.45, 7) is 1.82. The molecule has 0 saturated carbocycles. The van der Waals surface area contributed by atoms with Gasteiger partial charge in [0, 0.05) is 10.7 Å². The van der Waals surface area contributed by atoms with Crippen LogP contribution in [0.25, 0.3) is 0 Å². The minimum atomic E-state index is 0.543. The zero-order chi connectivity index (χ0) is 13.1. The fraction of sp³-hybridized carbons (Fsp3) is 0.0769. The lowest BCUT2D eigenvalue weighted by molar-refractivity contribution is 1.19. The second kappa shape index (κ2) is 5.26. The van der Waals surface area contributed by atoms with Crippen molar-refractivity contribution in [1.29, 1.82) is 5.26 Å². The topological polar surface area (TPSA) is 48.7 Å². The van der Waals surface area contributed by atoms with Crippen molar-refractivity contribution >= 4 is 34.7 Å². The number of anilines is 2. The summed E-state index contributed by atoms with van der Waals surface area (Å²) < 4.78 is 0. The van der Waals surface area contributed by atoms with E-state index in [1.165, 1.54) is 0 Å². The van der Waals surface area contributed by atoms with Gasteiger partial charge in [-0.15, -0.1) is 0 Å². The highest BCUT2D eigenvalue weighted by molar-refractivity contribution is 6.35. The summed E-state index contributed by atoms with van der Waals surface area (Å²) >= 11 is 11.9. The van der Waals surface area contributed by atoms with E-state index in [-0.39, 0.29) is 0 Å². The quantitative estimate of drug-likeness (QED) is 0.890. The summed E-state index contributed by atoms with van der Waals surface area (Å²) in [5.41, 5.74) is 1.96. The fourth-order valence-corrected chi connectivity index (χ4v) is 1.87. The van der Waals surface area contributed by atoms with Gasteiger partial charge in [-0.25, -0.2) is 4.98 Å². The molecule has 2 rings (SSSR count). The monoisotopic (exact) mass is 277 g/mol. The van der Waals surface area contributed by atoms with Gasteiger partial charge < -0.3 is 5.32 Å². The molecule has 2 aromatic rings. The number of benzene rings is 1. The first kappa shape index (κ1) is 12.7. The van der Waals surface area contributed by atoms with Crippen molar-refractivity contribution in [2.75, 3.05) is 5.32 Å². The van der Waals surface area contributed by atoms with Gasteiger partial charge in [0.2, 0.25) is 0 Å². The molecule has 0 bridgehead atoms. The second-order valence-corrected chi connectivity index (χ2v) is 4.59. The van der Waals surface area contributed by atoms with E-state index in [1.807, 2.05) is 6.92 Å². The van der Waals surface area contributed by atoms with E-state index >= 15 is 0 Å². The lowest BCUT2D eigenvalue weighted by atomic mass is 10.2. The van der Waals surface area contributed by atoms with Crippen molar-refractivity contribution in [3.63, 3.8) is 0 Å². The fourth-order valence-electron chi connectivity index (χ4n) is 1.53. The Morgan fingerprint density at radius 1 is 1.22 bits per heavy atom. The van der Waals surface area contributed by atoms with Crippen molar-refractivity contribution in [2.24, 2.45) is 0 Å². The normalized spacial score (nSPS) is 9.89. The number of rotatable bonds is 2. The standard InChI is InChI=1S/C13H9Cl2N3/c1-8-4-9(7-16)5-13(17-8)18-12-6-10(14)2-3-11(12)15/h2-6H,1H3,(H,17,18). The van der Waals surface area contributed by atoms with Crippen LogP contribution >= 0.6 is 23.2 Å². The molecular weight excluding hydrogens is 269 g/mol. The van der Waals surface area contributed by atoms with Gasteiger partial charge in [-0.2, -0.15) is 5.26 Å². The van der Waals surface area contributed by atoms with Crippen molar-refractivity contribution in [1.82, 2.24) is 4.98 Å². The molecule has 0 saturated heterocycles. The van der Waals surface area contributed by atoms with Crippen LogP contribution in [0.3, 0.4) is 0 Å². The molecule has 0 spiro atoms. The summed E-state index contributed by atoms with van der Waals surface area (Å²) in [5, 5.41) is 13.1. The van der Waals surface area contributed by atoms with Crippen LogP contribution < -0.4 is 5.32 Å². The van der Waals surface area contributed by atoms with E-state index in [0.29, 0.717) is 27.1 Å². The highest BCUT2D eigenvalue weighted by Gasteiger charge is 2.04. The number of pyridine rings is 1. The molecule has 0 aliphatic carbocycles. The van der Waals surface area contributed by atoms with E-state index < -0.39 is 0 Å². The van der Waals surface area contributed by atoms with Gasteiger partial charge in [0.1, 0.15) is 5.82 Å². The lowest BCUT2D eigenvalue weighted by Crippen LogP contribution is -1.96. The van der Waals surface area contributed by atoms with Crippen LogP contribution in [0.15, 0.2) is 30.3 Å². The molecule has 3 nitrogen and oxygen atoms in total. The summed E-state index contributed by atoms with van der Waals surface area (Å²) in [5.74, 6) is 0.565. The van der Waals surface area contributed by atoms with Gasteiger partial charge in [-0.3, -0.25) is 0 Å². The predicted molar refractivity (Wildman–Crippen MR) is 73.4 cm³/mol. The third kappa shape index (κ3) is 2.92. The molecule has 1 aromatic carbocycles. The van der Waals surface area contributed by atoms with Gasteiger partial charge >= 0.3 is 0 Å². The Morgan fingerprint density at radius 3 is 2.72 bits per heavy atom. The van der Waals surface area contributed by atoms with Crippen LogP contribution in [-0.4, -0.2) is 4.98 Å². The molecule has 0 unspecified atom stereocenters. The Balaban J connectivity index is 2.37. The van der Waals surface area contributed by atoms with Crippen LogP contribution in [0, 0.1) is 18.3 Å². The Hall–Kier alpha value is -1.76. The van der Waals surface area contributed by atoms with Crippen molar-refractivity contribution in [3.8, 4) is 6.07 Å². The first-order valence-electron chi connectivity index (χ1n) is 5.19. The Morgan fingerprint density at radius 2 is 2.00 bits per heavy atom. The number of nitrogens with one attached hydrogen (secondary N) is 1. The Labute approximate surface area is 115 Å². The third-order valence-corrected chi connectivity index (χ3v) is 2.84. The molecule has 0 radical (unpaired) electrons. The summed E-state index contributed by atoms with van der Waals surface area (Å²) in [6.07, 6.45) is 0. The molecule has 0 fully saturated rings. The van der Waals surface area contributed by atoms with Crippen LogP contribution in [0.4, 0.5) is 11.5 Å². The smallest absolute Gasteiger partial charge is 0.131 e. The number of hydrogen-bond donors (Lipinski definition) is 1. The van der Waals surface area contributed by atoms with E-state index in [9.17, 15) is 0 Å². The predicted octanol–water partition coefficient (Wildman–Crippen LogP) is 4.31. The van der Waals surface area contributed by atoms with Crippen LogP contribution in [0.1, 0.15) is 11.3 Å². The molecule has 90 valence electrons. The van der Waals surface area contributed by atoms with Crippen LogP contribution in [-0.2, 0) is 0 Å². The van der Waals surface area contributed by atoms with Crippen molar-refractivity contribution in [3.05, 3.63) is 51.6 Å². The molecule has 0 aliphatic heterocycles. The molecule has 1 heterocycles. The zero-order valence-electron chi connectivity index (χ0n) is 9.54. The average Bonchev–Trinajstić information content (AvgIpc) is 2.33. The SMILES string of the molecule is Cc1cc(C#N)cc(Nc2cc(Cl)ccc2Cl)n1. The summed E-state index contributed by atoms with van der Waals surface area (Å²) in [4.78, 5) is 4.28. The maximum Gasteiger partial charge on any atom is 0.131 e. The maximum absolute atomic E-state index is 8.90. The molecule has 1 aromatic heterocycles. The third-order valence-electron chi connectivity index (χ3n) is 2.27. The van der Waals surface area contributed by atoms with Gasteiger partial charge in [0.15, 0.2) is 0 Å². The zero-order valence-corrected chi connectivity index (χ0v) is 11.0. The highest BCUT2D eigenvalue weighted by atomic mass is 35.5. The number of halogens is 2. The highest BCUT2D eigenvalue weighted by Crippen LogP contribution is 2.28. The van der Waals surface area contributed by atoms with Gasteiger partial charge in [-0.1, -0.05) is 23.2 Å². The Kier molecular flexibility index (Phi) is 3.71. The number of aryl methyl sites for hydroxylation is 1. The molecule has 0 amide bonds. The van der Waals surface area contributed by atoms with Crippen molar-refractivity contribution in [2.45, 2.75) is 6.92 Å². The van der Waals surface area contributed by atoms with Gasteiger partial charge in [-0.05, 0) is 37.3 Å². The largest absolute Gasteiger partial charge is 0.339 e. The Bertz CT molecular complexity index is 633. The molecule has 1 N–H and O–H groups in total. The first-order chi connectivity index (χ1) is 8.58. The summed E-state index contributed by atoms with van der Waals surface area (Å²) in [7, 11) is 0. The van der Waals surface area contributed by atoms with E-state index in [4.69, 9.17) is 28.5 Å². The first-order valence-corrected chi connectivity index (χ1v) is 5.95. The lowest BCUT2D eigenvalue weighted by Gasteiger charge is -2.09. The van der Waals surface area contributed by atoms with Gasteiger partial charge in [0.05, 0.1) is 22.3 Å². The average molecular weight is 278 g/mol. The minimum Gasteiger partial charge on any atom is -0.339 e. The molecule has 0 aliphatic rings. The summed E-state index contributed by atoms with van der Waals surface area (Å²) in [6, 6.07) is 10.6. The number of aromatic nitrogens is 1. The van der Waals surface area contributed by atoms with Gasteiger partial charge in [0.25, 0.3) is 0 Å². The van der Waals surface area contributed by atoms with E-state index in [0.717, 1.165) is 5.69 Å². The second-order valence-electron chi connectivity index (χ2n) is 3.74.